The lowest BCUT2D eigenvalue weighted by atomic mass is 9.98. The maximum absolute atomic E-state index is 13.9. The molecule has 2 aliphatic heterocycles. The average molecular weight is 324 g/mol. The van der Waals surface area contributed by atoms with Crippen molar-refractivity contribution in [2.45, 2.75) is 25.5 Å². The summed E-state index contributed by atoms with van der Waals surface area (Å²) in [7, 11) is 0. The number of carbonyl (C=O) groups is 1. The SMILES string of the molecule is O=C([C@H]1CC(c2ccccc2F)=NO1)N1CCc2ccccc2C1. The standard InChI is InChI=1S/C19H17FN2O2/c20-16-8-4-3-7-15(16)17-11-18(24-21-17)19(23)22-10-9-13-5-1-2-6-14(13)12-22/h1-8,18H,9-12H2/t18-/m1/s1. The molecule has 4 nitrogen and oxygen atoms in total. The van der Waals surface area contributed by atoms with Gasteiger partial charge in [-0.2, -0.15) is 0 Å². The highest BCUT2D eigenvalue weighted by molar-refractivity contribution is 6.04. The molecule has 0 fully saturated rings. The van der Waals surface area contributed by atoms with Crippen LogP contribution in [0, 0.1) is 5.82 Å². The van der Waals surface area contributed by atoms with Crippen LogP contribution in [0.4, 0.5) is 4.39 Å². The molecule has 2 heterocycles. The van der Waals surface area contributed by atoms with Crippen molar-refractivity contribution < 1.29 is 14.0 Å². The molecule has 1 amide bonds. The fraction of sp³-hybridized carbons (Fsp3) is 0.263. The summed E-state index contributed by atoms with van der Waals surface area (Å²) in [5, 5.41) is 3.94. The van der Waals surface area contributed by atoms with Crippen LogP contribution in [0.5, 0.6) is 0 Å². The summed E-state index contributed by atoms with van der Waals surface area (Å²) in [4.78, 5) is 19.8. The van der Waals surface area contributed by atoms with Crippen LogP contribution in [0.15, 0.2) is 53.7 Å². The van der Waals surface area contributed by atoms with E-state index in [0.717, 1.165) is 6.42 Å². The Morgan fingerprint density at radius 3 is 2.71 bits per heavy atom. The number of rotatable bonds is 2. The van der Waals surface area contributed by atoms with Crippen molar-refractivity contribution >= 4 is 11.6 Å². The van der Waals surface area contributed by atoms with Gasteiger partial charge < -0.3 is 9.74 Å². The normalized spacial score (nSPS) is 19.5. The number of hydrogen-bond acceptors (Lipinski definition) is 3. The smallest absolute Gasteiger partial charge is 0.267 e. The minimum absolute atomic E-state index is 0.0837. The van der Waals surface area contributed by atoms with E-state index >= 15 is 0 Å². The van der Waals surface area contributed by atoms with Crippen molar-refractivity contribution in [1.29, 1.82) is 0 Å². The van der Waals surface area contributed by atoms with Crippen molar-refractivity contribution in [2.75, 3.05) is 6.54 Å². The second kappa shape index (κ2) is 6.07. The molecule has 0 saturated heterocycles. The minimum atomic E-state index is -0.662. The van der Waals surface area contributed by atoms with Crippen molar-refractivity contribution in [3.05, 3.63) is 71.0 Å². The monoisotopic (exact) mass is 324 g/mol. The Morgan fingerprint density at radius 1 is 1.12 bits per heavy atom. The molecule has 122 valence electrons. The van der Waals surface area contributed by atoms with E-state index in [-0.39, 0.29) is 11.7 Å². The van der Waals surface area contributed by atoms with Gasteiger partial charge >= 0.3 is 0 Å². The first-order chi connectivity index (χ1) is 11.7. The van der Waals surface area contributed by atoms with Gasteiger partial charge in [-0.15, -0.1) is 0 Å². The maximum atomic E-state index is 13.9. The van der Waals surface area contributed by atoms with E-state index in [1.807, 2.05) is 18.2 Å². The third kappa shape index (κ3) is 2.66. The van der Waals surface area contributed by atoms with Crippen LogP contribution < -0.4 is 0 Å². The Kier molecular flexibility index (Phi) is 3.76. The summed E-state index contributed by atoms with van der Waals surface area (Å²) in [6, 6.07) is 14.6. The number of oxime groups is 1. The number of hydrogen-bond donors (Lipinski definition) is 0. The van der Waals surface area contributed by atoms with Gasteiger partial charge in [0.15, 0.2) is 0 Å². The van der Waals surface area contributed by atoms with Gasteiger partial charge in [-0.3, -0.25) is 4.79 Å². The van der Waals surface area contributed by atoms with Gasteiger partial charge in [0.25, 0.3) is 5.91 Å². The van der Waals surface area contributed by atoms with Crippen LogP contribution in [-0.2, 0) is 22.6 Å². The first-order valence-corrected chi connectivity index (χ1v) is 8.05. The lowest BCUT2D eigenvalue weighted by Crippen LogP contribution is -2.42. The number of halogens is 1. The molecule has 0 bridgehead atoms. The second-order valence-corrected chi connectivity index (χ2v) is 6.09. The van der Waals surface area contributed by atoms with Crippen LogP contribution in [0.1, 0.15) is 23.1 Å². The molecule has 1 atom stereocenters. The fourth-order valence-corrected chi connectivity index (χ4v) is 3.25. The van der Waals surface area contributed by atoms with E-state index in [0.29, 0.717) is 30.8 Å². The first-order valence-electron chi connectivity index (χ1n) is 8.05. The van der Waals surface area contributed by atoms with E-state index in [1.165, 1.54) is 17.2 Å². The number of carbonyl (C=O) groups excluding carboxylic acids is 1. The molecule has 0 aliphatic carbocycles. The summed E-state index contributed by atoms with van der Waals surface area (Å²) in [6.07, 6.45) is 0.484. The zero-order valence-corrected chi connectivity index (χ0v) is 13.1. The molecule has 2 aliphatic rings. The number of benzene rings is 2. The maximum Gasteiger partial charge on any atom is 0.267 e. The number of nitrogens with zero attached hydrogens (tertiary/aromatic N) is 2. The molecular weight excluding hydrogens is 307 g/mol. The Hall–Kier alpha value is -2.69. The highest BCUT2D eigenvalue weighted by atomic mass is 19.1. The van der Waals surface area contributed by atoms with Gasteiger partial charge in [-0.25, -0.2) is 4.39 Å². The van der Waals surface area contributed by atoms with Crippen molar-refractivity contribution in [3.8, 4) is 0 Å². The topological polar surface area (TPSA) is 41.9 Å². The molecule has 0 aromatic heterocycles. The molecule has 0 radical (unpaired) electrons. The Labute approximate surface area is 139 Å². The highest BCUT2D eigenvalue weighted by Crippen LogP contribution is 2.24. The summed E-state index contributed by atoms with van der Waals surface area (Å²) in [6.45, 7) is 1.26. The average Bonchev–Trinajstić information content (AvgIpc) is 3.11. The van der Waals surface area contributed by atoms with Gasteiger partial charge in [0.2, 0.25) is 6.10 Å². The van der Waals surface area contributed by atoms with Crippen molar-refractivity contribution in [2.24, 2.45) is 5.16 Å². The highest BCUT2D eigenvalue weighted by Gasteiger charge is 2.34. The number of fused-ring (bicyclic) bond motifs is 1. The molecule has 5 heteroatoms. The Balaban J connectivity index is 1.45. The van der Waals surface area contributed by atoms with E-state index in [4.69, 9.17) is 4.84 Å². The second-order valence-electron chi connectivity index (χ2n) is 6.09. The molecule has 2 aromatic rings. The van der Waals surface area contributed by atoms with Gasteiger partial charge in [0, 0.05) is 25.1 Å². The molecule has 2 aromatic carbocycles. The molecule has 0 N–H and O–H groups in total. The quantitative estimate of drug-likeness (QED) is 0.852. The van der Waals surface area contributed by atoms with E-state index < -0.39 is 6.10 Å². The summed E-state index contributed by atoms with van der Waals surface area (Å²) in [5.41, 5.74) is 3.35. The lowest BCUT2D eigenvalue weighted by Gasteiger charge is -2.30. The third-order valence-electron chi connectivity index (χ3n) is 4.57. The van der Waals surface area contributed by atoms with Crippen LogP contribution >= 0.6 is 0 Å². The minimum Gasteiger partial charge on any atom is -0.382 e. The predicted octanol–water partition coefficient (Wildman–Crippen LogP) is 2.90. The van der Waals surface area contributed by atoms with Crippen molar-refractivity contribution in [3.63, 3.8) is 0 Å². The first kappa shape index (κ1) is 14.9. The Morgan fingerprint density at radius 2 is 1.88 bits per heavy atom. The molecular formula is C19H17FN2O2. The van der Waals surface area contributed by atoms with Crippen LogP contribution in [0.25, 0.3) is 0 Å². The molecule has 0 spiro atoms. The lowest BCUT2D eigenvalue weighted by molar-refractivity contribution is -0.143. The van der Waals surface area contributed by atoms with Crippen molar-refractivity contribution in [1.82, 2.24) is 4.90 Å². The van der Waals surface area contributed by atoms with Crippen LogP contribution in [0.3, 0.4) is 0 Å². The zero-order chi connectivity index (χ0) is 16.5. The van der Waals surface area contributed by atoms with Gasteiger partial charge in [-0.1, -0.05) is 47.6 Å². The summed E-state index contributed by atoms with van der Waals surface area (Å²) in [5.74, 6) is -0.431. The van der Waals surface area contributed by atoms with Crippen LogP contribution in [-0.4, -0.2) is 29.2 Å². The molecule has 0 saturated carbocycles. The predicted molar refractivity (Wildman–Crippen MR) is 88.0 cm³/mol. The van der Waals surface area contributed by atoms with Gasteiger partial charge in [0.1, 0.15) is 5.82 Å². The van der Waals surface area contributed by atoms with Crippen LogP contribution in [0.2, 0.25) is 0 Å². The largest absolute Gasteiger partial charge is 0.382 e. The molecule has 4 rings (SSSR count). The van der Waals surface area contributed by atoms with E-state index in [1.54, 1.807) is 23.1 Å². The third-order valence-corrected chi connectivity index (χ3v) is 4.57. The van der Waals surface area contributed by atoms with E-state index in [2.05, 4.69) is 11.2 Å². The van der Waals surface area contributed by atoms with E-state index in [9.17, 15) is 9.18 Å². The fourth-order valence-electron chi connectivity index (χ4n) is 3.25. The van der Waals surface area contributed by atoms with Gasteiger partial charge in [-0.05, 0) is 23.6 Å². The summed E-state index contributed by atoms with van der Waals surface area (Å²) >= 11 is 0. The Bertz CT molecular complexity index is 819. The molecule has 0 unspecified atom stereocenters. The van der Waals surface area contributed by atoms with Gasteiger partial charge in [0.05, 0.1) is 5.71 Å². The number of amides is 1. The zero-order valence-electron chi connectivity index (χ0n) is 13.1. The molecule has 24 heavy (non-hydrogen) atoms. The summed E-state index contributed by atoms with van der Waals surface area (Å²) < 4.78 is 13.9.